The first-order valence-corrected chi connectivity index (χ1v) is 6.70. The maximum atomic E-state index is 9.15. The van der Waals surface area contributed by atoms with Crippen molar-refractivity contribution in [2.45, 2.75) is 0 Å². The number of anilines is 1. The minimum absolute atomic E-state index is 0.213. The third-order valence-corrected chi connectivity index (χ3v) is 4.08. The molecule has 0 unspecified atom stereocenters. The molecule has 1 aromatic carbocycles. The molecule has 0 bridgehead atoms. The number of azo groups is 1. The first-order valence-electron chi connectivity index (χ1n) is 5.07. The van der Waals surface area contributed by atoms with Gasteiger partial charge in [0, 0.05) is 0 Å². The highest BCUT2D eigenvalue weighted by atomic mass is 32.1. The number of hydrogen-bond acceptors (Lipinski definition) is 7. The van der Waals surface area contributed by atoms with Crippen LogP contribution in [0.1, 0.15) is 0 Å². The number of phenols is 1. The van der Waals surface area contributed by atoms with Gasteiger partial charge in [-0.2, -0.15) is 0 Å². The monoisotopic (exact) mass is 276 g/mol. The molecule has 0 fully saturated rings. The van der Waals surface area contributed by atoms with Crippen LogP contribution in [0, 0.1) is 0 Å². The molecule has 0 saturated heterocycles. The number of nitrogens with two attached hydrogens (primary N) is 1. The van der Waals surface area contributed by atoms with E-state index in [4.69, 9.17) is 10.8 Å². The van der Waals surface area contributed by atoms with Crippen LogP contribution in [0.2, 0.25) is 0 Å². The van der Waals surface area contributed by atoms with Crippen LogP contribution < -0.4 is 5.73 Å². The van der Waals surface area contributed by atoms with Crippen LogP contribution in [-0.2, 0) is 0 Å². The Kier molecular flexibility index (Phi) is 2.69. The average Bonchev–Trinajstić information content (AvgIpc) is 2.85. The number of thiazole rings is 1. The Hall–Kier alpha value is -1.99. The lowest BCUT2D eigenvalue weighted by Crippen LogP contribution is -1.78. The summed E-state index contributed by atoms with van der Waals surface area (Å²) in [6.07, 6.45) is 0. The number of nitrogen functional groups attached to an aromatic ring is 1. The van der Waals surface area contributed by atoms with Crippen LogP contribution in [0.15, 0.2) is 40.6 Å². The number of fused-ring (bicyclic) bond motifs is 1. The molecule has 3 N–H and O–H groups in total. The zero-order chi connectivity index (χ0) is 12.5. The zero-order valence-electron chi connectivity index (χ0n) is 9.07. The highest BCUT2D eigenvalue weighted by Crippen LogP contribution is 2.36. The first kappa shape index (κ1) is 11.1. The summed E-state index contributed by atoms with van der Waals surface area (Å²) in [5.41, 5.74) is 6.29. The molecule has 5 nitrogen and oxygen atoms in total. The lowest BCUT2D eigenvalue weighted by Gasteiger charge is -1.91. The van der Waals surface area contributed by atoms with Crippen molar-refractivity contribution in [1.82, 2.24) is 4.98 Å². The van der Waals surface area contributed by atoms with Gasteiger partial charge in [-0.3, -0.25) is 0 Å². The van der Waals surface area contributed by atoms with E-state index in [2.05, 4.69) is 15.2 Å². The van der Waals surface area contributed by atoms with Gasteiger partial charge in [0.05, 0.1) is 10.4 Å². The molecular formula is C11H8N4OS2. The molecule has 0 saturated carbocycles. The molecule has 90 valence electrons. The van der Waals surface area contributed by atoms with Gasteiger partial charge in [-0.15, -0.1) is 10.2 Å². The number of hydrogen-bond donors (Lipinski definition) is 2. The lowest BCUT2D eigenvalue weighted by atomic mass is 10.3. The second kappa shape index (κ2) is 4.35. The SMILES string of the molecule is Nc1nc2sc(N=Nc3ccc(O)cc3)cc2s1. The summed E-state index contributed by atoms with van der Waals surface area (Å²) >= 11 is 2.89. The molecule has 0 spiro atoms. The van der Waals surface area contributed by atoms with Crippen molar-refractivity contribution in [3.8, 4) is 5.75 Å². The number of aromatic nitrogens is 1. The van der Waals surface area contributed by atoms with Gasteiger partial charge in [-0.1, -0.05) is 22.7 Å². The molecule has 0 aliphatic heterocycles. The van der Waals surface area contributed by atoms with Crippen molar-refractivity contribution in [2.24, 2.45) is 10.2 Å². The van der Waals surface area contributed by atoms with E-state index in [1.54, 1.807) is 24.3 Å². The predicted octanol–water partition coefficient (Wildman–Crippen LogP) is 4.06. The van der Waals surface area contributed by atoms with Gasteiger partial charge in [0.15, 0.2) is 5.13 Å². The van der Waals surface area contributed by atoms with E-state index in [0.717, 1.165) is 14.5 Å². The van der Waals surface area contributed by atoms with Gasteiger partial charge in [0.1, 0.15) is 15.6 Å². The van der Waals surface area contributed by atoms with Crippen LogP contribution >= 0.6 is 22.7 Å². The van der Waals surface area contributed by atoms with Crippen LogP contribution in [0.3, 0.4) is 0 Å². The maximum Gasteiger partial charge on any atom is 0.181 e. The Morgan fingerprint density at radius 2 is 1.89 bits per heavy atom. The minimum Gasteiger partial charge on any atom is -0.508 e. The molecule has 3 aromatic rings. The molecule has 18 heavy (non-hydrogen) atoms. The lowest BCUT2D eigenvalue weighted by molar-refractivity contribution is 0.475. The third kappa shape index (κ3) is 2.18. The van der Waals surface area contributed by atoms with Crippen molar-refractivity contribution in [3.05, 3.63) is 30.3 Å². The zero-order valence-corrected chi connectivity index (χ0v) is 10.7. The van der Waals surface area contributed by atoms with Gasteiger partial charge in [-0.25, -0.2) is 4.98 Å². The van der Waals surface area contributed by atoms with E-state index < -0.39 is 0 Å². The predicted molar refractivity (Wildman–Crippen MR) is 74.2 cm³/mol. The normalized spacial score (nSPS) is 11.6. The molecule has 0 amide bonds. The van der Waals surface area contributed by atoms with Crippen molar-refractivity contribution >= 4 is 48.0 Å². The highest BCUT2D eigenvalue weighted by molar-refractivity contribution is 7.30. The summed E-state index contributed by atoms with van der Waals surface area (Å²) in [6.45, 7) is 0. The topological polar surface area (TPSA) is 83.9 Å². The van der Waals surface area contributed by atoms with Crippen molar-refractivity contribution in [2.75, 3.05) is 5.73 Å². The Morgan fingerprint density at radius 1 is 1.11 bits per heavy atom. The average molecular weight is 276 g/mol. The number of aromatic hydroxyl groups is 1. The molecule has 0 aliphatic rings. The standard InChI is InChI=1S/C11H8N4OS2/c12-11-13-10-8(17-11)5-9(18-10)15-14-6-1-3-7(16)4-2-6/h1-5,16H,(H2,12,13). The Labute approximate surface area is 110 Å². The molecule has 3 rings (SSSR count). The van der Waals surface area contributed by atoms with Crippen LogP contribution in [0.25, 0.3) is 9.53 Å². The Balaban J connectivity index is 1.86. The fraction of sp³-hybridized carbons (Fsp3) is 0. The molecular weight excluding hydrogens is 268 g/mol. The van der Waals surface area contributed by atoms with Crippen molar-refractivity contribution < 1.29 is 5.11 Å². The maximum absolute atomic E-state index is 9.15. The van der Waals surface area contributed by atoms with Crippen LogP contribution in [0.4, 0.5) is 15.8 Å². The minimum atomic E-state index is 0.213. The molecule has 0 aliphatic carbocycles. The van der Waals surface area contributed by atoms with E-state index in [1.165, 1.54) is 22.7 Å². The van der Waals surface area contributed by atoms with E-state index in [1.807, 2.05) is 6.07 Å². The number of nitrogens with zero attached hydrogens (tertiary/aromatic N) is 3. The first-order chi connectivity index (χ1) is 8.70. The van der Waals surface area contributed by atoms with E-state index in [-0.39, 0.29) is 5.75 Å². The van der Waals surface area contributed by atoms with Gasteiger partial charge in [0.25, 0.3) is 0 Å². The van der Waals surface area contributed by atoms with E-state index in [9.17, 15) is 0 Å². The summed E-state index contributed by atoms with van der Waals surface area (Å²) in [5, 5.41) is 18.7. The second-order valence-corrected chi connectivity index (χ2v) is 5.59. The summed E-state index contributed by atoms with van der Waals surface area (Å²) < 4.78 is 1.03. The van der Waals surface area contributed by atoms with Crippen LogP contribution in [-0.4, -0.2) is 10.1 Å². The number of rotatable bonds is 2. The summed E-state index contributed by atoms with van der Waals surface area (Å²) in [7, 11) is 0. The van der Waals surface area contributed by atoms with Gasteiger partial charge in [0.2, 0.25) is 0 Å². The van der Waals surface area contributed by atoms with Gasteiger partial charge < -0.3 is 10.8 Å². The number of thiophene rings is 1. The largest absolute Gasteiger partial charge is 0.508 e. The Morgan fingerprint density at radius 3 is 2.61 bits per heavy atom. The second-order valence-electron chi connectivity index (χ2n) is 3.52. The quantitative estimate of drug-likeness (QED) is 0.692. The molecule has 2 aromatic heterocycles. The van der Waals surface area contributed by atoms with Gasteiger partial charge in [-0.05, 0) is 30.3 Å². The molecule has 0 radical (unpaired) electrons. The van der Waals surface area contributed by atoms with E-state index in [0.29, 0.717) is 10.8 Å². The third-order valence-electron chi connectivity index (χ3n) is 2.21. The number of phenolic OH excluding ortho intramolecular Hbond substituents is 1. The van der Waals surface area contributed by atoms with Gasteiger partial charge >= 0.3 is 0 Å². The van der Waals surface area contributed by atoms with E-state index >= 15 is 0 Å². The smallest absolute Gasteiger partial charge is 0.181 e. The Bertz CT molecular complexity index is 683. The summed E-state index contributed by atoms with van der Waals surface area (Å²) in [6, 6.07) is 8.46. The summed E-state index contributed by atoms with van der Waals surface area (Å²) in [5.74, 6) is 0.213. The summed E-state index contributed by atoms with van der Waals surface area (Å²) in [4.78, 5) is 5.07. The highest BCUT2D eigenvalue weighted by Gasteiger charge is 2.05. The molecule has 2 heterocycles. The van der Waals surface area contributed by atoms with Crippen molar-refractivity contribution in [1.29, 1.82) is 0 Å². The fourth-order valence-electron chi connectivity index (χ4n) is 1.41. The molecule has 7 heteroatoms. The van der Waals surface area contributed by atoms with Crippen LogP contribution in [0.5, 0.6) is 5.75 Å². The van der Waals surface area contributed by atoms with Crippen molar-refractivity contribution in [3.63, 3.8) is 0 Å². The molecule has 0 atom stereocenters. The fourth-order valence-corrected chi connectivity index (χ4v) is 3.22. The number of benzene rings is 1.